The van der Waals surface area contributed by atoms with Gasteiger partial charge in [-0.2, -0.15) is 0 Å². The van der Waals surface area contributed by atoms with Crippen molar-refractivity contribution in [1.29, 1.82) is 0 Å². The number of esters is 1. The lowest BCUT2D eigenvalue weighted by Crippen LogP contribution is -2.59. The molecule has 8 N–H and O–H groups in total. The zero-order valence-corrected chi connectivity index (χ0v) is 22.3. The van der Waals surface area contributed by atoms with Gasteiger partial charge in [-0.25, -0.2) is 4.79 Å². The van der Waals surface area contributed by atoms with E-state index in [-0.39, 0.29) is 23.9 Å². The monoisotopic (exact) mass is 594 g/mol. The topological polar surface area (TPSA) is 225 Å². The van der Waals surface area contributed by atoms with E-state index in [9.17, 15) is 45.6 Å². The summed E-state index contributed by atoms with van der Waals surface area (Å²) < 4.78 is 27.0. The maximum absolute atomic E-state index is 12.1. The maximum Gasteiger partial charge on any atom is 0.330 e. The molecule has 0 saturated carbocycles. The zero-order valence-electron chi connectivity index (χ0n) is 22.3. The number of benzene rings is 2. The molecule has 8 atom stereocenters. The van der Waals surface area contributed by atoms with Crippen LogP contribution in [0.15, 0.2) is 48.5 Å². The van der Waals surface area contributed by atoms with Crippen molar-refractivity contribution >= 4 is 12.0 Å². The van der Waals surface area contributed by atoms with Crippen molar-refractivity contribution < 1.29 is 69.3 Å². The fourth-order valence-corrected chi connectivity index (χ4v) is 4.31. The number of hydrogen-bond donors (Lipinski definition) is 8. The van der Waals surface area contributed by atoms with E-state index in [0.29, 0.717) is 12.0 Å². The number of carbonyl (C=O) groups is 1. The highest BCUT2D eigenvalue weighted by molar-refractivity contribution is 5.87. The van der Waals surface area contributed by atoms with E-state index in [1.165, 1.54) is 36.4 Å². The number of phenols is 3. The van der Waals surface area contributed by atoms with Gasteiger partial charge in [0.1, 0.15) is 42.9 Å². The number of aliphatic hydroxyl groups is 5. The van der Waals surface area contributed by atoms with E-state index in [1.54, 1.807) is 12.1 Å². The zero-order chi connectivity index (χ0) is 30.4. The highest BCUT2D eigenvalue weighted by Crippen LogP contribution is 2.29. The quantitative estimate of drug-likeness (QED) is 0.0878. The Morgan fingerprint density at radius 2 is 1.67 bits per heavy atom. The number of phenolic OH excluding ortho intramolecular Hbond substituents is 3. The molecule has 14 heteroatoms. The summed E-state index contributed by atoms with van der Waals surface area (Å²) in [6.07, 6.45) is -7.60. The highest BCUT2D eigenvalue weighted by atomic mass is 16.7. The van der Waals surface area contributed by atoms with Crippen LogP contribution in [-0.4, -0.2) is 122 Å². The van der Waals surface area contributed by atoms with Gasteiger partial charge in [-0.15, -0.1) is 0 Å². The molecule has 0 spiro atoms. The van der Waals surface area contributed by atoms with Crippen LogP contribution in [0.5, 0.6) is 17.2 Å². The molecule has 42 heavy (non-hydrogen) atoms. The van der Waals surface area contributed by atoms with Gasteiger partial charge in [-0.1, -0.05) is 18.2 Å². The van der Waals surface area contributed by atoms with Crippen LogP contribution >= 0.6 is 0 Å². The van der Waals surface area contributed by atoms with Crippen LogP contribution in [0, 0.1) is 0 Å². The second kappa shape index (κ2) is 13.8. The van der Waals surface area contributed by atoms with Crippen LogP contribution in [0.4, 0.5) is 0 Å². The molecule has 0 unspecified atom stereocenters. The summed E-state index contributed by atoms with van der Waals surface area (Å²) in [6, 6.07) is 10.3. The summed E-state index contributed by atoms with van der Waals surface area (Å²) in [6.45, 7) is -1.45. The predicted molar refractivity (Wildman–Crippen MR) is 141 cm³/mol. The van der Waals surface area contributed by atoms with Gasteiger partial charge in [0.15, 0.2) is 29.7 Å². The molecule has 0 amide bonds. The van der Waals surface area contributed by atoms with Gasteiger partial charge in [0.05, 0.1) is 19.8 Å². The third-order valence-corrected chi connectivity index (χ3v) is 6.88. The van der Waals surface area contributed by atoms with E-state index in [0.717, 1.165) is 11.6 Å². The summed E-state index contributed by atoms with van der Waals surface area (Å²) in [5, 5.41) is 80.5. The molecule has 4 rings (SSSR count). The van der Waals surface area contributed by atoms with Gasteiger partial charge in [0, 0.05) is 6.08 Å². The van der Waals surface area contributed by atoms with E-state index in [4.69, 9.17) is 23.7 Å². The molecule has 2 aromatic carbocycles. The standard InChI is InChI=1S/C28H34O14/c29-17-5-1-15(2-6-17)9-10-38-26-24(35)23(34)22(33)20(42-26)12-39-27-25(36)28(37,14-41-27)13-40-21(32)8-4-16-3-7-18(30)19(31)11-16/h1-8,11,20,22-27,29-31,33-37H,9-10,12-14H2/b8-4+/t20-,22-,23+,24-,25+,26-,27-,28-/m1/s1. The van der Waals surface area contributed by atoms with Crippen LogP contribution in [0.2, 0.25) is 0 Å². The third-order valence-electron chi connectivity index (χ3n) is 6.88. The summed E-state index contributed by atoms with van der Waals surface area (Å²) in [5.74, 6) is -1.45. The molecule has 2 saturated heterocycles. The summed E-state index contributed by atoms with van der Waals surface area (Å²) in [5.41, 5.74) is -0.779. The number of aliphatic hydroxyl groups excluding tert-OH is 4. The number of carbonyl (C=O) groups excluding carboxylic acids is 1. The molecular weight excluding hydrogens is 560 g/mol. The predicted octanol–water partition coefficient (Wildman–Crippen LogP) is -1.11. The van der Waals surface area contributed by atoms with Gasteiger partial charge >= 0.3 is 5.97 Å². The van der Waals surface area contributed by atoms with Crippen LogP contribution in [0.1, 0.15) is 11.1 Å². The summed E-state index contributed by atoms with van der Waals surface area (Å²) >= 11 is 0. The van der Waals surface area contributed by atoms with Crippen molar-refractivity contribution in [2.45, 2.75) is 55.1 Å². The molecule has 2 aliphatic rings. The lowest BCUT2D eigenvalue weighted by atomic mass is 9.99. The van der Waals surface area contributed by atoms with Crippen molar-refractivity contribution in [3.05, 3.63) is 59.7 Å². The minimum Gasteiger partial charge on any atom is -0.508 e. The normalized spacial score (nSPS) is 31.4. The number of ether oxygens (including phenoxy) is 5. The summed E-state index contributed by atoms with van der Waals surface area (Å²) in [4.78, 5) is 12.1. The minimum atomic E-state index is -2.02. The SMILES string of the molecule is O=C(/C=C/c1ccc(O)c(O)c1)OC[C@@]1(O)CO[C@@H](OC[C@H]2O[C@@H](OCCc3ccc(O)cc3)[C@H](O)[C@@H](O)[C@@H]2O)[C@@H]1O. The van der Waals surface area contributed by atoms with Gasteiger partial charge in [0.2, 0.25) is 0 Å². The van der Waals surface area contributed by atoms with Crippen LogP contribution in [-0.2, 0) is 34.9 Å². The van der Waals surface area contributed by atoms with Crippen LogP contribution < -0.4 is 0 Å². The average molecular weight is 595 g/mol. The Morgan fingerprint density at radius 1 is 0.929 bits per heavy atom. The van der Waals surface area contributed by atoms with Crippen molar-refractivity contribution in [2.24, 2.45) is 0 Å². The number of rotatable bonds is 11. The Kier molecular flexibility index (Phi) is 10.4. The van der Waals surface area contributed by atoms with E-state index in [1.807, 2.05) is 0 Å². The number of hydrogen-bond acceptors (Lipinski definition) is 14. The molecule has 0 bridgehead atoms. The van der Waals surface area contributed by atoms with E-state index >= 15 is 0 Å². The van der Waals surface area contributed by atoms with E-state index < -0.39 is 74.5 Å². The fourth-order valence-electron chi connectivity index (χ4n) is 4.31. The van der Waals surface area contributed by atoms with Crippen molar-refractivity contribution in [1.82, 2.24) is 0 Å². The van der Waals surface area contributed by atoms with Gasteiger partial charge < -0.3 is 64.5 Å². The molecule has 0 radical (unpaired) electrons. The first-order valence-corrected chi connectivity index (χ1v) is 13.1. The number of aromatic hydroxyl groups is 3. The Hall–Kier alpha value is -3.31. The van der Waals surface area contributed by atoms with E-state index in [2.05, 4.69) is 0 Å². The Labute approximate surface area is 240 Å². The second-order valence-corrected chi connectivity index (χ2v) is 10.1. The largest absolute Gasteiger partial charge is 0.508 e. The average Bonchev–Trinajstić information content (AvgIpc) is 3.26. The molecule has 230 valence electrons. The minimum absolute atomic E-state index is 0.0890. The van der Waals surface area contributed by atoms with Crippen molar-refractivity contribution in [2.75, 3.05) is 26.4 Å². The maximum atomic E-state index is 12.1. The fraction of sp³-hybridized carbons (Fsp3) is 0.464. The Bertz CT molecular complexity index is 1220. The first-order valence-electron chi connectivity index (χ1n) is 13.1. The molecule has 2 heterocycles. The molecule has 2 fully saturated rings. The molecular formula is C28H34O14. The van der Waals surface area contributed by atoms with Gasteiger partial charge in [-0.05, 0) is 47.9 Å². The second-order valence-electron chi connectivity index (χ2n) is 10.1. The van der Waals surface area contributed by atoms with Crippen LogP contribution in [0.3, 0.4) is 0 Å². The lowest BCUT2D eigenvalue weighted by molar-refractivity contribution is -0.309. The van der Waals surface area contributed by atoms with Crippen molar-refractivity contribution in [3.63, 3.8) is 0 Å². The molecule has 0 aromatic heterocycles. The molecule has 2 aromatic rings. The lowest BCUT2D eigenvalue weighted by Gasteiger charge is -2.40. The Morgan fingerprint density at radius 3 is 2.38 bits per heavy atom. The first kappa shape index (κ1) is 31.6. The highest BCUT2D eigenvalue weighted by Gasteiger charge is 2.51. The molecule has 0 aliphatic carbocycles. The van der Waals surface area contributed by atoms with Gasteiger partial charge in [0.25, 0.3) is 0 Å². The van der Waals surface area contributed by atoms with Gasteiger partial charge in [-0.3, -0.25) is 0 Å². The molecule has 2 aliphatic heterocycles. The summed E-state index contributed by atoms with van der Waals surface area (Å²) in [7, 11) is 0. The third kappa shape index (κ3) is 7.74. The smallest absolute Gasteiger partial charge is 0.330 e. The first-order chi connectivity index (χ1) is 20.0. The Balaban J connectivity index is 1.24. The van der Waals surface area contributed by atoms with Crippen LogP contribution in [0.25, 0.3) is 6.08 Å². The molecule has 14 nitrogen and oxygen atoms in total. The van der Waals surface area contributed by atoms with Crippen molar-refractivity contribution in [3.8, 4) is 17.2 Å².